The van der Waals surface area contributed by atoms with Gasteiger partial charge in [-0.3, -0.25) is 4.98 Å². The molecule has 2 atom stereocenters. The molecular formula is C18H18N2S. The number of nitrogens with two attached hydrogens (primary N) is 1. The van der Waals surface area contributed by atoms with Gasteiger partial charge in [-0.05, 0) is 53.3 Å². The minimum absolute atomic E-state index is 0.0600. The molecule has 1 aromatic carbocycles. The first-order valence-electron chi connectivity index (χ1n) is 7.49. The Morgan fingerprint density at radius 1 is 1.24 bits per heavy atom. The summed E-state index contributed by atoms with van der Waals surface area (Å²) in [4.78, 5) is 5.75. The van der Waals surface area contributed by atoms with E-state index in [0.29, 0.717) is 5.92 Å². The number of aryl methyl sites for hydroxylation is 1. The van der Waals surface area contributed by atoms with E-state index in [2.05, 4.69) is 40.7 Å². The van der Waals surface area contributed by atoms with Crippen molar-refractivity contribution in [3.63, 3.8) is 0 Å². The number of benzene rings is 1. The molecule has 1 aliphatic rings. The Kier molecular flexibility index (Phi) is 3.24. The standard InChI is InChI=1S/C18H18N2S/c19-18(16-5-2-6-17-14(16)8-10-21-17)15-4-1-3-12-11-20-9-7-13(12)15/h1,3-4,7-11,16,18H,2,5-6,19H2. The highest BCUT2D eigenvalue weighted by molar-refractivity contribution is 7.10. The van der Waals surface area contributed by atoms with Crippen molar-refractivity contribution in [2.75, 3.05) is 0 Å². The van der Waals surface area contributed by atoms with Crippen molar-refractivity contribution in [1.82, 2.24) is 4.98 Å². The average Bonchev–Trinajstić information content (AvgIpc) is 3.02. The molecule has 2 unspecified atom stereocenters. The molecule has 0 bridgehead atoms. The van der Waals surface area contributed by atoms with E-state index in [1.165, 1.54) is 46.0 Å². The number of hydrogen-bond acceptors (Lipinski definition) is 3. The maximum absolute atomic E-state index is 6.69. The maximum Gasteiger partial charge on any atom is 0.0371 e. The molecule has 2 heterocycles. The van der Waals surface area contributed by atoms with Gasteiger partial charge in [-0.2, -0.15) is 0 Å². The van der Waals surface area contributed by atoms with Gasteiger partial charge in [-0.25, -0.2) is 0 Å². The molecule has 106 valence electrons. The monoisotopic (exact) mass is 294 g/mol. The van der Waals surface area contributed by atoms with Gasteiger partial charge < -0.3 is 5.73 Å². The van der Waals surface area contributed by atoms with E-state index in [1.807, 2.05) is 23.7 Å². The van der Waals surface area contributed by atoms with Gasteiger partial charge in [-0.1, -0.05) is 18.2 Å². The van der Waals surface area contributed by atoms with Gasteiger partial charge in [0.1, 0.15) is 0 Å². The fourth-order valence-electron chi connectivity index (χ4n) is 3.55. The molecule has 0 spiro atoms. The van der Waals surface area contributed by atoms with Crippen LogP contribution in [0.4, 0.5) is 0 Å². The van der Waals surface area contributed by atoms with Crippen LogP contribution in [0.15, 0.2) is 48.1 Å². The molecule has 0 fully saturated rings. The molecule has 3 heteroatoms. The lowest BCUT2D eigenvalue weighted by atomic mass is 9.79. The highest BCUT2D eigenvalue weighted by atomic mass is 32.1. The molecule has 0 aliphatic heterocycles. The summed E-state index contributed by atoms with van der Waals surface area (Å²) in [7, 11) is 0. The van der Waals surface area contributed by atoms with Crippen LogP contribution in [0.5, 0.6) is 0 Å². The smallest absolute Gasteiger partial charge is 0.0371 e. The fourth-order valence-corrected chi connectivity index (χ4v) is 4.55. The molecule has 0 radical (unpaired) electrons. The molecule has 4 rings (SSSR count). The minimum Gasteiger partial charge on any atom is -0.323 e. The summed E-state index contributed by atoms with van der Waals surface area (Å²) in [5.74, 6) is 0.443. The van der Waals surface area contributed by atoms with E-state index in [4.69, 9.17) is 5.73 Å². The number of aromatic nitrogens is 1. The van der Waals surface area contributed by atoms with Gasteiger partial charge in [-0.15, -0.1) is 11.3 Å². The van der Waals surface area contributed by atoms with Gasteiger partial charge in [0, 0.05) is 34.6 Å². The fraction of sp³-hybridized carbons (Fsp3) is 0.278. The van der Waals surface area contributed by atoms with Crippen molar-refractivity contribution in [2.24, 2.45) is 5.73 Å². The first-order valence-corrected chi connectivity index (χ1v) is 8.37. The van der Waals surface area contributed by atoms with Crippen molar-refractivity contribution < 1.29 is 0 Å². The third-order valence-corrected chi connectivity index (χ3v) is 5.60. The van der Waals surface area contributed by atoms with Crippen LogP contribution < -0.4 is 5.73 Å². The second-order valence-electron chi connectivity index (χ2n) is 5.77. The third-order valence-electron chi connectivity index (χ3n) is 4.61. The summed E-state index contributed by atoms with van der Waals surface area (Å²) in [5.41, 5.74) is 9.42. The highest BCUT2D eigenvalue weighted by Gasteiger charge is 2.28. The van der Waals surface area contributed by atoms with Crippen molar-refractivity contribution in [3.05, 3.63) is 64.1 Å². The lowest BCUT2D eigenvalue weighted by Gasteiger charge is -2.29. The first kappa shape index (κ1) is 13.0. The number of fused-ring (bicyclic) bond motifs is 2. The SMILES string of the molecule is NC(c1cccc2cnccc12)C1CCCc2sccc21. The molecule has 2 nitrogen and oxygen atoms in total. The van der Waals surface area contributed by atoms with E-state index >= 15 is 0 Å². The van der Waals surface area contributed by atoms with E-state index < -0.39 is 0 Å². The number of pyridine rings is 1. The van der Waals surface area contributed by atoms with Crippen LogP contribution in [0.1, 0.15) is 40.8 Å². The molecule has 2 N–H and O–H groups in total. The summed E-state index contributed by atoms with van der Waals surface area (Å²) in [6, 6.07) is 10.8. The summed E-state index contributed by atoms with van der Waals surface area (Å²) >= 11 is 1.88. The van der Waals surface area contributed by atoms with Gasteiger partial charge in [0.15, 0.2) is 0 Å². The molecular weight excluding hydrogens is 276 g/mol. The normalized spacial score (nSPS) is 19.4. The van der Waals surface area contributed by atoms with Crippen molar-refractivity contribution in [1.29, 1.82) is 0 Å². The largest absolute Gasteiger partial charge is 0.323 e. The predicted octanol–water partition coefficient (Wildman–Crippen LogP) is 4.42. The van der Waals surface area contributed by atoms with Crippen molar-refractivity contribution in [2.45, 2.75) is 31.2 Å². The molecule has 2 aromatic heterocycles. The average molecular weight is 294 g/mol. The lowest BCUT2D eigenvalue weighted by molar-refractivity contribution is 0.481. The van der Waals surface area contributed by atoms with Crippen LogP contribution in [-0.2, 0) is 6.42 Å². The Labute approximate surface area is 128 Å². The molecule has 0 amide bonds. The second-order valence-corrected chi connectivity index (χ2v) is 6.77. The predicted molar refractivity (Wildman–Crippen MR) is 88.7 cm³/mol. The number of nitrogens with zero attached hydrogens (tertiary/aromatic N) is 1. The van der Waals surface area contributed by atoms with Gasteiger partial charge >= 0.3 is 0 Å². The molecule has 21 heavy (non-hydrogen) atoms. The van der Waals surface area contributed by atoms with Crippen LogP contribution in [0.25, 0.3) is 10.8 Å². The summed E-state index contributed by atoms with van der Waals surface area (Å²) < 4.78 is 0. The van der Waals surface area contributed by atoms with Gasteiger partial charge in [0.25, 0.3) is 0 Å². The zero-order valence-electron chi connectivity index (χ0n) is 11.8. The summed E-state index contributed by atoms with van der Waals surface area (Å²) in [5, 5.41) is 4.62. The Balaban J connectivity index is 1.80. The Morgan fingerprint density at radius 2 is 2.19 bits per heavy atom. The Hall–Kier alpha value is -1.71. The van der Waals surface area contributed by atoms with Crippen LogP contribution >= 0.6 is 11.3 Å². The summed E-state index contributed by atoms with van der Waals surface area (Å²) in [6.07, 6.45) is 7.43. The van der Waals surface area contributed by atoms with E-state index in [9.17, 15) is 0 Å². The van der Waals surface area contributed by atoms with E-state index in [-0.39, 0.29) is 6.04 Å². The van der Waals surface area contributed by atoms with Crippen LogP contribution in [0.2, 0.25) is 0 Å². The third kappa shape index (κ3) is 2.17. The maximum atomic E-state index is 6.69. The quantitative estimate of drug-likeness (QED) is 0.760. The van der Waals surface area contributed by atoms with Crippen molar-refractivity contribution >= 4 is 22.1 Å². The zero-order valence-corrected chi connectivity index (χ0v) is 12.6. The molecule has 1 aliphatic carbocycles. The van der Waals surface area contributed by atoms with Crippen LogP contribution in [0.3, 0.4) is 0 Å². The lowest BCUT2D eigenvalue weighted by Crippen LogP contribution is -2.23. The number of rotatable bonds is 2. The van der Waals surface area contributed by atoms with Crippen molar-refractivity contribution in [3.8, 4) is 0 Å². The molecule has 0 saturated heterocycles. The Bertz CT molecular complexity index is 772. The van der Waals surface area contributed by atoms with E-state index in [1.54, 1.807) is 0 Å². The molecule has 3 aromatic rings. The van der Waals surface area contributed by atoms with Gasteiger partial charge in [0.2, 0.25) is 0 Å². The highest BCUT2D eigenvalue weighted by Crippen LogP contribution is 2.42. The molecule has 0 saturated carbocycles. The number of thiophene rings is 1. The van der Waals surface area contributed by atoms with Gasteiger partial charge in [0.05, 0.1) is 0 Å². The topological polar surface area (TPSA) is 38.9 Å². The van der Waals surface area contributed by atoms with Crippen LogP contribution in [-0.4, -0.2) is 4.98 Å². The zero-order chi connectivity index (χ0) is 14.2. The minimum atomic E-state index is 0.0600. The first-order chi connectivity index (χ1) is 10.3. The Morgan fingerprint density at radius 3 is 3.14 bits per heavy atom. The second kappa shape index (κ2) is 5.24. The number of hydrogen-bond donors (Lipinski definition) is 1. The van der Waals surface area contributed by atoms with Crippen LogP contribution in [0, 0.1) is 0 Å². The van der Waals surface area contributed by atoms with E-state index in [0.717, 1.165) is 0 Å². The summed E-state index contributed by atoms with van der Waals surface area (Å²) in [6.45, 7) is 0.